The summed E-state index contributed by atoms with van der Waals surface area (Å²) < 4.78 is 24.0. The SMILES string of the molecule is CC(C)(C(=O)NC1CC1)S(=O)(=O)Cc1ccccc1/C=C/C(=O)O. The van der Waals surface area contributed by atoms with E-state index in [0.717, 1.165) is 18.9 Å². The Morgan fingerprint density at radius 1 is 1.29 bits per heavy atom. The number of aliphatic carboxylic acids is 1. The van der Waals surface area contributed by atoms with Crippen molar-refractivity contribution in [3.63, 3.8) is 0 Å². The maximum atomic E-state index is 12.8. The maximum absolute atomic E-state index is 12.8. The Balaban J connectivity index is 2.25. The van der Waals surface area contributed by atoms with Crippen LogP contribution in [0.3, 0.4) is 0 Å². The Bertz CT molecular complexity index is 776. The van der Waals surface area contributed by atoms with Crippen molar-refractivity contribution in [2.45, 2.75) is 43.2 Å². The monoisotopic (exact) mass is 351 g/mol. The molecule has 6 nitrogen and oxygen atoms in total. The van der Waals surface area contributed by atoms with Gasteiger partial charge < -0.3 is 10.4 Å². The summed E-state index contributed by atoms with van der Waals surface area (Å²) >= 11 is 0. The van der Waals surface area contributed by atoms with Crippen LogP contribution < -0.4 is 5.32 Å². The van der Waals surface area contributed by atoms with E-state index in [1.807, 2.05) is 0 Å². The molecule has 1 fully saturated rings. The number of carboxylic acids is 1. The number of hydrogen-bond donors (Lipinski definition) is 2. The molecule has 1 aromatic rings. The lowest BCUT2D eigenvalue weighted by Crippen LogP contribution is -2.49. The van der Waals surface area contributed by atoms with Crippen molar-refractivity contribution >= 4 is 27.8 Å². The van der Waals surface area contributed by atoms with Crippen molar-refractivity contribution in [2.75, 3.05) is 0 Å². The summed E-state index contributed by atoms with van der Waals surface area (Å²) in [6.45, 7) is 2.80. The zero-order valence-corrected chi connectivity index (χ0v) is 14.5. The lowest BCUT2D eigenvalue weighted by atomic mass is 10.1. The average molecular weight is 351 g/mol. The molecule has 1 aliphatic rings. The van der Waals surface area contributed by atoms with E-state index < -0.39 is 26.5 Å². The predicted octanol–water partition coefficient (Wildman–Crippen LogP) is 1.76. The fraction of sp³-hybridized carbons (Fsp3) is 0.412. The van der Waals surface area contributed by atoms with Crippen LogP contribution in [0.5, 0.6) is 0 Å². The minimum absolute atomic E-state index is 0.0813. The largest absolute Gasteiger partial charge is 0.478 e. The maximum Gasteiger partial charge on any atom is 0.328 e. The number of rotatable bonds is 7. The molecule has 0 aliphatic heterocycles. The molecule has 130 valence electrons. The molecule has 1 aliphatic carbocycles. The van der Waals surface area contributed by atoms with Crippen LogP contribution in [0.15, 0.2) is 30.3 Å². The molecule has 0 bridgehead atoms. The van der Waals surface area contributed by atoms with Gasteiger partial charge in [-0.05, 0) is 43.9 Å². The molecule has 2 N–H and O–H groups in total. The Kier molecular flexibility index (Phi) is 5.13. The van der Waals surface area contributed by atoms with E-state index in [4.69, 9.17) is 5.11 Å². The zero-order valence-electron chi connectivity index (χ0n) is 13.7. The van der Waals surface area contributed by atoms with E-state index >= 15 is 0 Å². The van der Waals surface area contributed by atoms with E-state index in [0.29, 0.717) is 11.1 Å². The molecule has 0 unspecified atom stereocenters. The predicted molar refractivity (Wildman–Crippen MR) is 91.0 cm³/mol. The van der Waals surface area contributed by atoms with Crippen molar-refractivity contribution < 1.29 is 23.1 Å². The molecule has 7 heteroatoms. The van der Waals surface area contributed by atoms with Gasteiger partial charge in [0, 0.05) is 12.1 Å². The first-order chi connectivity index (χ1) is 11.1. The van der Waals surface area contributed by atoms with Crippen LogP contribution in [0.25, 0.3) is 6.08 Å². The number of carboxylic acid groups (broad SMARTS) is 1. The van der Waals surface area contributed by atoms with Gasteiger partial charge >= 0.3 is 5.97 Å². The van der Waals surface area contributed by atoms with Gasteiger partial charge in [0.1, 0.15) is 4.75 Å². The first kappa shape index (κ1) is 18.2. The van der Waals surface area contributed by atoms with Crippen molar-refractivity contribution in [1.82, 2.24) is 5.32 Å². The van der Waals surface area contributed by atoms with Crippen molar-refractivity contribution in [2.24, 2.45) is 0 Å². The standard InChI is InChI=1S/C17H21NO5S/c1-17(2,16(21)18-14-8-9-14)24(22,23)11-13-6-4-3-5-12(13)7-10-15(19)20/h3-7,10,14H,8-9,11H2,1-2H3,(H,18,21)(H,19,20)/b10-7+. The summed E-state index contributed by atoms with van der Waals surface area (Å²) in [5, 5.41) is 11.5. The number of carbonyl (C=O) groups excluding carboxylic acids is 1. The summed E-state index contributed by atoms with van der Waals surface area (Å²) in [7, 11) is -3.78. The summed E-state index contributed by atoms with van der Waals surface area (Å²) in [5.41, 5.74) is 0.962. The van der Waals surface area contributed by atoms with Gasteiger partial charge in [0.15, 0.2) is 9.84 Å². The van der Waals surface area contributed by atoms with E-state index in [1.165, 1.54) is 19.9 Å². The first-order valence-electron chi connectivity index (χ1n) is 7.65. The molecule has 24 heavy (non-hydrogen) atoms. The second-order valence-electron chi connectivity index (χ2n) is 6.39. The lowest BCUT2D eigenvalue weighted by molar-refractivity contribution is -0.131. The number of carbonyl (C=O) groups is 2. The summed E-state index contributed by atoms with van der Waals surface area (Å²) in [6.07, 6.45) is 4.07. The van der Waals surface area contributed by atoms with Crippen LogP contribution >= 0.6 is 0 Å². The van der Waals surface area contributed by atoms with Crippen LogP contribution in [-0.4, -0.2) is 36.2 Å². The van der Waals surface area contributed by atoms with E-state index in [9.17, 15) is 18.0 Å². The minimum atomic E-state index is -3.78. The number of amides is 1. The normalized spacial score (nSPS) is 15.4. The van der Waals surface area contributed by atoms with Crippen LogP contribution in [0.2, 0.25) is 0 Å². The fourth-order valence-corrected chi connectivity index (χ4v) is 3.48. The molecule has 1 amide bonds. The fourth-order valence-electron chi connectivity index (χ4n) is 2.10. The molecule has 0 radical (unpaired) electrons. The number of nitrogens with one attached hydrogen (secondary N) is 1. The van der Waals surface area contributed by atoms with Gasteiger partial charge in [0.25, 0.3) is 0 Å². The highest BCUT2D eigenvalue weighted by molar-refractivity contribution is 7.92. The quantitative estimate of drug-likeness (QED) is 0.729. The molecule has 2 rings (SSSR count). The minimum Gasteiger partial charge on any atom is -0.478 e. The molecule has 0 saturated heterocycles. The third-order valence-corrected chi connectivity index (χ3v) is 6.47. The van der Waals surface area contributed by atoms with E-state index in [1.54, 1.807) is 24.3 Å². The van der Waals surface area contributed by atoms with Gasteiger partial charge in [0.2, 0.25) is 5.91 Å². The summed E-state index contributed by atoms with van der Waals surface area (Å²) in [4.78, 5) is 22.9. The van der Waals surface area contributed by atoms with E-state index in [2.05, 4.69) is 5.32 Å². The topological polar surface area (TPSA) is 101 Å². The number of sulfone groups is 1. The third kappa shape index (κ3) is 4.23. The zero-order chi connectivity index (χ0) is 18.0. The molecule has 0 aromatic heterocycles. The van der Waals surface area contributed by atoms with Gasteiger partial charge in [-0.1, -0.05) is 24.3 Å². The molecular weight excluding hydrogens is 330 g/mol. The number of benzene rings is 1. The molecule has 1 saturated carbocycles. The van der Waals surface area contributed by atoms with E-state index in [-0.39, 0.29) is 11.8 Å². The Morgan fingerprint density at radius 3 is 2.50 bits per heavy atom. The Hall–Kier alpha value is -2.15. The lowest BCUT2D eigenvalue weighted by Gasteiger charge is -2.24. The molecule has 0 heterocycles. The highest BCUT2D eigenvalue weighted by Gasteiger charge is 2.43. The summed E-state index contributed by atoms with van der Waals surface area (Å²) in [6, 6.07) is 6.72. The highest BCUT2D eigenvalue weighted by Crippen LogP contribution is 2.26. The van der Waals surface area contributed by atoms with Gasteiger partial charge in [-0.3, -0.25) is 4.79 Å². The molecule has 1 aromatic carbocycles. The van der Waals surface area contributed by atoms with Crippen LogP contribution in [-0.2, 0) is 25.2 Å². The van der Waals surface area contributed by atoms with Crippen molar-refractivity contribution in [3.05, 3.63) is 41.5 Å². The van der Waals surface area contributed by atoms with Crippen LogP contribution in [0.1, 0.15) is 37.8 Å². The van der Waals surface area contributed by atoms with Crippen LogP contribution in [0.4, 0.5) is 0 Å². The Morgan fingerprint density at radius 2 is 1.92 bits per heavy atom. The molecule has 0 spiro atoms. The highest BCUT2D eigenvalue weighted by atomic mass is 32.2. The second-order valence-corrected chi connectivity index (χ2v) is 8.93. The van der Waals surface area contributed by atoms with Gasteiger partial charge in [-0.2, -0.15) is 0 Å². The second kappa shape index (κ2) is 6.76. The van der Waals surface area contributed by atoms with Crippen LogP contribution in [0, 0.1) is 0 Å². The molecular formula is C17H21NO5S. The molecule has 0 atom stereocenters. The van der Waals surface area contributed by atoms with Gasteiger partial charge in [-0.15, -0.1) is 0 Å². The van der Waals surface area contributed by atoms with Crippen molar-refractivity contribution in [3.8, 4) is 0 Å². The smallest absolute Gasteiger partial charge is 0.328 e. The summed E-state index contributed by atoms with van der Waals surface area (Å²) in [5.74, 6) is -1.95. The third-order valence-electron chi connectivity index (χ3n) is 4.04. The van der Waals surface area contributed by atoms with Crippen molar-refractivity contribution in [1.29, 1.82) is 0 Å². The van der Waals surface area contributed by atoms with Gasteiger partial charge in [-0.25, -0.2) is 13.2 Å². The first-order valence-corrected chi connectivity index (χ1v) is 9.31. The Labute approximate surface area is 141 Å². The van der Waals surface area contributed by atoms with Gasteiger partial charge in [0.05, 0.1) is 5.75 Å². The number of hydrogen-bond acceptors (Lipinski definition) is 4. The average Bonchev–Trinajstić information content (AvgIpc) is 3.29.